The predicted octanol–water partition coefficient (Wildman–Crippen LogP) is 5.57. The summed E-state index contributed by atoms with van der Waals surface area (Å²) in [7, 11) is 3.04. The third-order valence-electron chi connectivity index (χ3n) is 5.00. The monoisotopic (exact) mass is 434 g/mol. The number of rotatable bonds is 6. The lowest BCUT2D eigenvalue weighted by atomic mass is 10.1. The molecule has 5 nitrogen and oxygen atoms in total. The summed E-state index contributed by atoms with van der Waals surface area (Å²) in [6, 6.07) is 17.4. The standard InChI is InChI=1S/C25H20F2N2O3/c1-29(15-16-7-12-22(31-2)21(27)13-16)25(30)20-6-4-3-5-19(20)24-28-14-23(32-24)17-8-10-18(26)11-9-17/h3-14H,15H2,1-2H3. The first kappa shape index (κ1) is 21.2. The average Bonchev–Trinajstić information content (AvgIpc) is 3.29. The Hall–Kier alpha value is -4.00. The van der Waals surface area contributed by atoms with E-state index in [1.165, 1.54) is 42.5 Å². The minimum absolute atomic E-state index is 0.147. The number of nitrogens with zero attached hydrogens (tertiary/aromatic N) is 2. The minimum atomic E-state index is -0.487. The first-order valence-electron chi connectivity index (χ1n) is 9.85. The van der Waals surface area contributed by atoms with E-state index in [9.17, 15) is 13.6 Å². The Balaban J connectivity index is 1.58. The van der Waals surface area contributed by atoms with E-state index < -0.39 is 5.82 Å². The topological polar surface area (TPSA) is 55.6 Å². The van der Waals surface area contributed by atoms with Gasteiger partial charge >= 0.3 is 0 Å². The van der Waals surface area contributed by atoms with E-state index in [1.807, 2.05) is 0 Å². The number of oxazole rings is 1. The molecule has 1 amide bonds. The summed E-state index contributed by atoms with van der Waals surface area (Å²) >= 11 is 0. The van der Waals surface area contributed by atoms with Gasteiger partial charge in [-0.2, -0.15) is 0 Å². The highest BCUT2D eigenvalue weighted by Gasteiger charge is 2.20. The van der Waals surface area contributed by atoms with Gasteiger partial charge in [-0.15, -0.1) is 0 Å². The maximum atomic E-state index is 14.0. The van der Waals surface area contributed by atoms with Crippen molar-refractivity contribution in [3.8, 4) is 28.5 Å². The second-order valence-corrected chi connectivity index (χ2v) is 7.21. The van der Waals surface area contributed by atoms with E-state index in [2.05, 4.69) is 4.98 Å². The fraction of sp³-hybridized carbons (Fsp3) is 0.120. The van der Waals surface area contributed by atoms with Crippen LogP contribution in [-0.4, -0.2) is 29.9 Å². The first-order chi connectivity index (χ1) is 15.5. The number of methoxy groups -OCH3 is 1. The molecule has 4 aromatic rings. The maximum absolute atomic E-state index is 14.0. The molecule has 0 atom stereocenters. The normalized spacial score (nSPS) is 10.8. The molecule has 0 saturated carbocycles. The number of carbonyl (C=O) groups is 1. The van der Waals surface area contributed by atoms with Crippen LogP contribution >= 0.6 is 0 Å². The van der Waals surface area contributed by atoms with Crippen LogP contribution in [0, 0.1) is 11.6 Å². The van der Waals surface area contributed by atoms with Gasteiger partial charge in [0.1, 0.15) is 5.82 Å². The van der Waals surface area contributed by atoms with E-state index in [0.717, 1.165) is 0 Å². The Kier molecular flexibility index (Phi) is 5.98. The quantitative estimate of drug-likeness (QED) is 0.398. The summed E-state index contributed by atoms with van der Waals surface area (Å²) in [4.78, 5) is 19.0. The Morgan fingerprint density at radius 3 is 2.53 bits per heavy atom. The Labute approximate surface area is 183 Å². The molecule has 4 rings (SSSR count). The number of carbonyl (C=O) groups excluding carboxylic acids is 1. The lowest BCUT2D eigenvalue weighted by Crippen LogP contribution is -2.26. The molecule has 0 N–H and O–H groups in total. The molecule has 1 aromatic heterocycles. The third kappa shape index (κ3) is 4.37. The summed E-state index contributed by atoms with van der Waals surface area (Å²) < 4.78 is 38.0. The van der Waals surface area contributed by atoms with Gasteiger partial charge in [0.25, 0.3) is 5.91 Å². The number of amides is 1. The second-order valence-electron chi connectivity index (χ2n) is 7.21. The lowest BCUT2D eigenvalue weighted by molar-refractivity contribution is 0.0785. The van der Waals surface area contributed by atoms with Gasteiger partial charge < -0.3 is 14.1 Å². The number of benzene rings is 3. The summed E-state index contributed by atoms with van der Waals surface area (Å²) in [6.07, 6.45) is 1.54. The molecule has 0 aliphatic heterocycles. The van der Waals surface area contributed by atoms with Gasteiger partial charge in [0.2, 0.25) is 5.89 Å². The van der Waals surface area contributed by atoms with Crippen molar-refractivity contribution >= 4 is 5.91 Å². The van der Waals surface area contributed by atoms with Crippen LogP contribution in [0.5, 0.6) is 5.75 Å². The molecular weight excluding hydrogens is 414 g/mol. The number of hydrogen-bond acceptors (Lipinski definition) is 4. The van der Waals surface area contributed by atoms with Gasteiger partial charge in [-0.25, -0.2) is 13.8 Å². The molecule has 1 heterocycles. The van der Waals surface area contributed by atoms with Crippen molar-refractivity contribution in [2.75, 3.05) is 14.2 Å². The van der Waals surface area contributed by atoms with Crippen LogP contribution in [0.2, 0.25) is 0 Å². The Bertz CT molecular complexity index is 1250. The van der Waals surface area contributed by atoms with Crippen LogP contribution < -0.4 is 4.74 Å². The lowest BCUT2D eigenvalue weighted by Gasteiger charge is -2.19. The van der Waals surface area contributed by atoms with Gasteiger partial charge in [-0.1, -0.05) is 18.2 Å². The molecule has 162 valence electrons. The van der Waals surface area contributed by atoms with Gasteiger partial charge in [0.15, 0.2) is 17.3 Å². The van der Waals surface area contributed by atoms with E-state index in [1.54, 1.807) is 49.5 Å². The van der Waals surface area contributed by atoms with Crippen molar-refractivity contribution < 1.29 is 22.7 Å². The molecule has 0 aliphatic rings. The second kappa shape index (κ2) is 9.01. The van der Waals surface area contributed by atoms with Crippen molar-refractivity contribution in [3.05, 3.63) is 95.7 Å². The first-order valence-corrected chi connectivity index (χ1v) is 9.85. The summed E-state index contributed by atoms with van der Waals surface area (Å²) in [5, 5.41) is 0. The molecule has 0 bridgehead atoms. The van der Waals surface area contributed by atoms with Crippen molar-refractivity contribution in [1.82, 2.24) is 9.88 Å². The van der Waals surface area contributed by atoms with Crippen LogP contribution in [0.1, 0.15) is 15.9 Å². The maximum Gasteiger partial charge on any atom is 0.254 e. The molecule has 0 unspecified atom stereocenters. The van der Waals surface area contributed by atoms with E-state index in [4.69, 9.17) is 9.15 Å². The van der Waals surface area contributed by atoms with E-state index in [-0.39, 0.29) is 29.9 Å². The summed E-state index contributed by atoms with van der Waals surface area (Å²) in [5.74, 6) is -0.211. The fourth-order valence-electron chi connectivity index (χ4n) is 3.36. The Morgan fingerprint density at radius 2 is 1.81 bits per heavy atom. The van der Waals surface area contributed by atoms with Crippen molar-refractivity contribution in [3.63, 3.8) is 0 Å². The minimum Gasteiger partial charge on any atom is -0.494 e. The molecule has 0 saturated heterocycles. The highest BCUT2D eigenvalue weighted by atomic mass is 19.1. The van der Waals surface area contributed by atoms with Crippen LogP contribution in [0.25, 0.3) is 22.8 Å². The predicted molar refractivity (Wildman–Crippen MR) is 116 cm³/mol. The smallest absolute Gasteiger partial charge is 0.254 e. The van der Waals surface area contributed by atoms with Crippen LogP contribution in [0.4, 0.5) is 8.78 Å². The summed E-state index contributed by atoms with van der Waals surface area (Å²) in [5.41, 5.74) is 2.23. The zero-order chi connectivity index (χ0) is 22.7. The van der Waals surface area contributed by atoms with Crippen LogP contribution in [-0.2, 0) is 6.54 Å². The number of halogens is 2. The largest absolute Gasteiger partial charge is 0.494 e. The van der Waals surface area contributed by atoms with E-state index >= 15 is 0 Å². The van der Waals surface area contributed by atoms with Crippen molar-refractivity contribution in [2.24, 2.45) is 0 Å². The molecule has 0 spiro atoms. The molecule has 7 heteroatoms. The van der Waals surface area contributed by atoms with Crippen LogP contribution in [0.3, 0.4) is 0 Å². The molecule has 0 aliphatic carbocycles. The van der Waals surface area contributed by atoms with Gasteiger partial charge in [0, 0.05) is 24.7 Å². The van der Waals surface area contributed by atoms with E-state index in [0.29, 0.717) is 28.0 Å². The molecule has 0 fully saturated rings. The third-order valence-corrected chi connectivity index (χ3v) is 5.00. The van der Waals surface area contributed by atoms with Crippen molar-refractivity contribution in [1.29, 1.82) is 0 Å². The number of ether oxygens (including phenoxy) is 1. The molecular formula is C25H20F2N2O3. The average molecular weight is 434 g/mol. The molecule has 32 heavy (non-hydrogen) atoms. The van der Waals surface area contributed by atoms with Gasteiger partial charge in [-0.3, -0.25) is 4.79 Å². The highest BCUT2D eigenvalue weighted by Crippen LogP contribution is 2.29. The zero-order valence-electron chi connectivity index (χ0n) is 17.5. The van der Waals surface area contributed by atoms with Crippen LogP contribution in [0.15, 0.2) is 77.3 Å². The fourth-order valence-corrected chi connectivity index (χ4v) is 3.36. The SMILES string of the molecule is COc1ccc(CN(C)C(=O)c2ccccc2-c2ncc(-c3ccc(F)cc3)o2)cc1F. The highest BCUT2D eigenvalue weighted by molar-refractivity contribution is 5.99. The summed E-state index contributed by atoms with van der Waals surface area (Å²) in [6.45, 7) is 0.209. The number of hydrogen-bond donors (Lipinski definition) is 0. The van der Waals surface area contributed by atoms with Crippen molar-refractivity contribution in [2.45, 2.75) is 6.54 Å². The van der Waals surface area contributed by atoms with Gasteiger partial charge in [0.05, 0.1) is 18.9 Å². The molecule has 0 radical (unpaired) electrons. The number of aromatic nitrogens is 1. The molecule has 3 aromatic carbocycles. The Morgan fingerprint density at radius 1 is 1.06 bits per heavy atom. The zero-order valence-corrected chi connectivity index (χ0v) is 17.5. The van der Waals surface area contributed by atoms with Gasteiger partial charge in [-0.05, 0) is 54.1 Å².